The first kappa shape index (κ1) is 30.7. The third kappa shape index (κ3) is 4.21. The van der Waals surface area contributed by atoms with Gasteiger partial charge < -0.3 is 19.2 Å². The van der Waals surface area contributed by atoms with E-state index in [2.05, 4.69) is 48.1 Å². The molecule has 5 saturated carbocycles. The van der Waals surface area contributed by atoms with Gasteiger partial charge in [-0.3, -0.25) is 0 Å². The van der Waals surface area contributed by atoms with Crippen LogP contribution in [0.5, 0.6) is 0 Å². The molecular formula is C38H64N2O3+2. The van der Waals surface area contributed by atoms with Gasteiger partial charge in [0.1, 0.15) is 45.4 Å². The second-order valence-electron chi connectivity index (χ2n) is 18.7. The number of carbonyl (C=O) groups excluding carboxylic acids is 1. The lowest BCUT2D eigenvalue weighted by atomic mass is 9.32. The Morgan fingerprint density at radius 2 is 1.56 bits per heavy atom. The van der Waals surface area contributed by atoms with Crippen LogP contribution in [0.15, 0.2) is 12.2 Å². The van der Waals surface area contributed by atoms with Gasteiger partial charge in [-0.15, -0.1) is 0 Å². The van der Waals surface area contributed by atoms with E-state index in [-0.39, 0.29) is 28.3 Å². The predicted octanol–water partition coefficient (Wildman–Crippen LogP) is 5.28. The van der Waals surface area contributed by atoms with Crippen molar-refractivity contribution in [1.29, 1.82) is 0 Å². The Kier molecular flexibility index (Phi) is 7.18. The number of fused-ring (bicyclic) bond motifs is 10. The monoisotopic (exact) mass is 596 g/mol. The normalized spacial score (nSPS) is 53.2. The fraction of sp³-hybridized carbons (Fsp3) is 0.921. The molecule has 2 bridgehead atoms. The summed E-state index contributed by atoms with van der Waals surface area (Å²) in [7, 11) is 0. The van der Waals surface area contributed by atoms with Crippen molar-refractivity contribution in [1.82, 2.24) is 0 Å². The molecule has 43 heavy (non-hydrogen) atoms. The first-order chi connectivity index (χ1) is 20.2. The van der Waals surface area contributed by atoms with Crippen LogP contribution in [-0.2, 0) is 9.53 Å². The molecule has 2 N–H and O–H groups in total. The largest absolute Gasteiger partial charge is 0.458 e. The number of aliphatic hydroxyl groups is 1. The van der Waals surface area contributed by atoms with Crippen LogP contribution in [0.2, 0.25) is 0 Å². The quantitative estimate of drug-likeness (QED) is 0.258. The van der Waals surface area contributed by atoms with E-state index >= 15 is 0 Å². The molecule has 0 radical (unpaired) electrons. The first-order valence-corrected chi connectivity index (χ1v) is 18.4. The Bertz CT molecular complexity index is 1130. The Hall–Kier alpha value is -0.910. The van der Waals surface area contributed by atoms with E-state index in [9.17, 15) is 9.90 Å². The SMILES string of the molecule is C=C(C)[C@@H]1CC[C@]2(CO)CC[C@]3(C)C(CCC4[C@@]5(C)CC[C@H](OC(=O)C[N+]67CC[NH+](CC6)CC7)C(C)(C)C5CC[C@]43C)C12. The summed E-state index contributed by atoms with van der Waals surface area (Å²) >= 11 is 0. The van der Waals surface area contributed by atoms with Gasteiger partial charge >= 0.3 is 5.97 Å². The Balaban J connectivity index is 1.11. The summed E-state index contributed by atoms with van der Waals surface area (Å²) in [6, 6.07) is 0. The third-order valence-electron chi connectivity index (χ3n) is 17.1. The lowest BCUT2D eigenvalue weighted by Gasteiger charge is -2.73. The fourth-order valence-electron chi connectivity index (χ4n) is 14.3. The lowest BCUT2D eigenvalue weighted by molar-refractivity contribution is -1.07. The molecule has 4 unspecified atom stereocenters. The van der Waals surface area contributed by atoms with Gasteiger partial charge in [-0.1, -0.05) is 46.8 Å². The highest BCUT2D eigenvalue weighted by Crippen LogP contribution is 2.77. The summed E-state index contributed by atoms with van der Waals surface area (Å²) in [4.78, 5) is 15.2. The number of nitrogens with zero attached hydrogens (tertiary/aromatic N) is 1. The number of hydrogen-bond acceptors (Lipinski definition) is 3. The van der Waals surface area contributed by atoms with E-state index in [0.29, 0.717) is 53.6 Å². The molecule has 5 nitrogen and oxygen atoms in total. The van der Waals surface area contributed by atoms with Crippen molar-refractivity contribution in [3.8, 4) is 0 Å². The molecule has 3 heterocycles. The molecule has 0 aromatic carbocycles. The van der Waals surface area contributed by atoms with Crippen LogP contribution < -0.4 is 4.90 Å². The van der Waals surface area contributed by atoms with Crippen LogP contribution in [0.4, 0.5) is 0 Å². The standard InChI is InChI=1S/C38H63N2O3/c1-26(2)27-10-15-38(25-41)17-16-36(6)28(33(27)38)8-9-30-35(5)13-12-31(34(3,4)29(35)11-14-37(30,36)7)43-32(42)24-40-21-18-39(19-22-40)20-23-40/h27-31,33,41H,1,8-25H2,2-7H3/q+1/p+1/t27-,28?,29?,30?,31-,33?,35-,36+,37+,38+/m0/s1. The summed E-state index contributed by atoms with van der Waals surface area (Å²) in [6.07, 6.45) is 12.3. The van der Waals surface area contributed by atoms with E-state index in [1.807, 2.05) is 0 Å². The molecule has 0 amide bonds. The predicted molar refractivity (Wildman–Crippen MR) is 171 cm³/mol. The highest BCUT2D eigenvalue weighted by atomic mass is 16.5. The molecular weight excluding hydrogens is 532 g/mol. The number of ether oxygens (including phenoxy) is 1. The topological polar surface area (TPSA) is 51.0 Å². The smallest absolute Gasteiger partial charge is 0.362 e. The number of nitrogens with one attached hydrogen (secondary N) is 1. The molecule has 8 aliphatic rings. The van der Waals surface area contributed by atoms with E-state index in [1.165, 1.54) is 83.0 Å². The van der Waals surface area contributed by atoms with E-state index in [4.69, 9.17) is 4.74 Å². The zero-order chi connectivity index (χ0) is 30.6. The molecule has 10 atom stereocenters. The van der Waals surface area contributed by atoms with Gasteiger partial charge in [-0.2, -0.15) is 0 Å². The second-order valence-corrected chi connectivity index (χ2v) is 18.7. The number of esters is 1. The molecule has 5 heteroatoms. The van der Waals surface area contributed by atoms with Crippen molar-refractivity contribution < 1.29 is 24.0 Å². The van der Waals surface area contributed by atoms with Crippen LogP contribution in [0.1, 0.15) is 106 Å². The minimum Gasteiger partial charge on any atom is -0.458 e. The zero-order valence-electron chi connectivity index (χ0n) is 28.6. The molecule has 3 aliphatic heterocycles. The van der Waals surface area contributed by atoms with Gasteiger partial charge in [0.05, 0.1) is 0 Å². The van der Waals surface area contributed by atoms with Crippen molar-refractivity contribution in [2.24, 2.45) is 56.7 Å². The number of hydrogen-bond donors (Lipinski definition) is 2. The summed E-state index contributed by atoms with van der Waals surface area (Å²) in [6.45, 7) is 27.7. The average Bonchev–Trinajstić information content (AvgIpc) is 3.36. The van der Waals surface area contributed by atoms with E-state index < -0.39 is 0 Å². The van der Waals surface area contributed by atoms with Crippen molar-refractivity contribution in [2.45, 2.75) is 112 Å². The number of piperazine rings is 3. The Morgan fingerprint density at radius 3 is 2.21 bits per heavy atom. The van der Waals surface area contributed by atoms with Crippen molar-refractivity contribution in [3.05, 3.63) is 12.2 Å². The molecule has 0 aromatic heterocycles. The first-order valence-electron chi connectivity index (χ1n) is 18.4. The van der Waals surface area contributed by atoms with Crippen molar-refractivity contribution in [2.75, 3.05) is 52.4 Å². The molecule has 8 fully saturated rings. The van der Waals surface area contributed by atoms with Gasteiger partial charge in [0.25, 0.3) is 0 Å². The van der Waals surface area contributed by atoms with Gasteiger partial charge in [0.2, 0.25) is 0 Å². The Labute approximate surface area is 262 Å². The summed E-state index contributed by atoms with van der Waals surface area (Å²) in [5.41, 5.74) is 2.40. The van der Waals surface area contributed by atoms with Crippen LogP contribution in [0.3, 0.4) is 0 Å². The molecule has 242 valence electrons. The minimum absolute atomic E-state index is 0.00158. The maximum atomic E-state index is 13.5. The third-order valence-corrected chi connectivity index (χ3v) is 17.1. The van der Waals surface area contributed by atoms with Gasteiger partial charge in [-0.05, 0) is 122 Å². The lowest BCUT2D eigenvalue weighted by Crippen LogP contribution is -3.19. The Morgan fingerprint density at radius 1 is 0.860 bits per heavy atom. The highest BCUT2D eigenvalue weighted by molar-refractivity contribution is 5.71. The maximum absolute atomic E-state index is 13.5. The summed E-state index contributed by atoms with van der Waals surface area (Å²) < 4.78 is 7.50. The molecule has 3 saturated heterocycles. The van der Waals surface area contributed by atoms with Crippen LogP contribution >= 0.6 is 0 Å². The van der Waals surface area contributed by atoms with E-state index in [0.717, 1.165) is 30.5 Å². The molecule has 8 rings (SSSR count). The van der Waals surface area contributed by atoms with Crippen LogP contribution in [-0.4, -0.2) is 74.1 Å². The van der Waals surface area contributed by atoms with Crippen LogP contribution in [0, 0.1) is 56.7 Å². The fourth-order valence-corrected chi connectivity index (χ4v) is 14.3. The summed E-state index contributed by atoms with van der Waals surface area (Å²) in [5.74, 6) is 3.24. The minimum atomic E-state index is 0.00158. The van der Waals surface area contributed by atoms with Gasteiger partial charge in [-0.25, -0.2) is 4.79 Å². The number of carbonyl (C=O) groups is 1. The van der Waals surface area contributed by atoms with E-state index in [1.54, 1.807) is 4.90 Å². The number of allylic oxidation sites excluding steroid dienone is 1. The van der Waals surface area contributed by atoms with Crippen molar-refractivity contribution in [3.63, 3.8) is 0 Å². The molecule has 5 aliphatic carbocycles. The number of quaternary nitrogens is 2. The molecule has 0 aromatic rings. The number of rotatable bonds is 5. The summed E-state index contributed by atoms with van der Waals surface area (Å²) in [5, 5.41) is 10.8. The highest BCUT2D eigenvalue weighted by Gasteiger charge is 2.71. The zero-order valence-corrected chi connectivity index (χ0v) is 28.6. The van der Waals surface area contributed by atoms with Crippen molar-refractivity contribution >= 4 is 5.97 Å². The number of aliphatic hydroxyl groups excluding tert-OH is 1. The molecule has 0 spiro atoms. The second kappa shape index (κ2) is 10.0. The average molecular weight is 597 g/mol. The van der Waals surface area contributed by atoms with Gasteiger partial charge in [0, 0.05) is 12.0 Å². The van der Waals surface area contributed by atoms with Crippen LogP contribution in [0.25, 0.3) is 0 Å². The van der Waals surface area contributed by atoms with Gasteiger partial charge in [0.15, 0.2) is 6.54 Å². The maximum Gasteiger partial charge on any atom is 0.362 e.